The summed E-state index contributed by atoms with van der Waals surface area (Å²) < 4.78 is 11.6. The average molecular weight is 221 g/mol. The van der Waals surface area contributed by atoms with Crippen LogP contribution in [-0.4, -0.2) is 31.7 Å². The van der Waals surface area contributed by atoms with E-state index in [0.29, 0.717) is 0 Å². The van der Waals surface area contributed by atoms with Crippen LogP contribution in [0.25, 0.3) is 0 Å². The molecule has 3 N–H and O–H groups in total. The second-order valence-electron chi connectivity index (χ2n) is 3.38. The zero-order chi connectivity index (χ0) is 11.5. The van der Waals surface area contributed by atoms with Crippen LogP contribution in [0.2, 0.25) is 0 Å². The van der Waals surface area contributed by atoms with Crippen molar-refractivity contribution in [1.82, 2.24) is 0 Å². The molecule has 82 valence electrons. The van der Waals surface area contributed by atoms with Crippen molar-refractivity contribution < 1.29 is 18.9 Å². The molecule has 0 radical (unpaired) electrons. The van der Waals surface area contributed by atoms with Gasteiger partial charge in [-0.15, -0.1) is 0 Å². The molecule has 0 aromatic heterocycles. The lowest BCUT2D eigenvalue weighted by molar-refractivity contribution is -0.137. The van der Waals surface area contributed by atoms with Crippen molar-refractivity contribution in [2.45, 2.75) is 31.3 Å². The molecule has 0 heterocycles. The van der Waals surface area contributed by atoms with Gasteiger partial charge in [-0.25, -0.2) is 0 Å². The maximum atomic E-state index is 11.6. The van der Waals surface area contributed by atoms with Gasteiger partial charge in [0.25, 0.3) is 0 Å². The Labute approximate surface area is 85.1 Å². The first kappa shape index (κ1) is 13.1. The van der Waals surface area contributed by atoms with Gasteiger partial charge in [0, 0.05) is 10.8 Å². The normalized spacial score (nSPS) is 17.4. The molecule has 1 amide bonds. The third kappa shape index (κ3) is 3.10. The van der Waals surface area contributed by atoms with E-state index >= 15 is 0 Å². The Balaban J connectivity index is 4.78. The lowest BCUT2D eigenvalue weighted by Gasteiger charge is -2.18. The van der Waals surface area contributed by atoms with Crippen LogP contribution >= 0.6 is 0 Å². The van der Waals surface area contributed by atoms with Gasteiger partial charge in [0.2, 0.25) is 5.91 Å². The van der Waals surface area contributed by atoms with Crippen LogP contribution in [0, 0.1) is 5.92 Å². The van der Waals surface area contributed by atoms with Crippen molar-refractivity contribution in [3.05, 3.63) is 0 Å². The highest BCUT2D eigenvalue weighted by Crippen LogP contribution is 2.13. The lowest BCUT2D eigenvalue weighted by atomic mass is 10.1. The minimum atomic E-state index is -1.77. The highest BCUT2D eigenvalue weighted by Gasteiger charge is 2.33. The fourth-order valence-corrected chi connectivity index (χ4v) is 2.39. The van der Waals surface area contributed by atoms with E-state index in [9.17, 15) is 13.8 Å². The Bertz CT molecular complexity index is 264. The number of hydrogen-bond donors (Lipinski definition) is 2. The van der Waals surface area contributed by atoms with Crippen LogP contribution in [0.3, 0.4) is 0 Å². The van der Waals surface area contributed by atoms with Gasteiger partial charge in [-0.2, -0.15) is 0 Å². The third-order valence-electron chi connectivity index (χ3n) is 1.85. The molecule has 3 unspecified atom stereocenters. The number of aliphatic carboxylic acids is 1. The molecule has 0 aliphatic heterocycles. The molecule has 0 rings (SSSR count). The Kier molecular flexibility index (Phi) is 4.76. The minimum absolute atomic E-state index is 0.296. The van der Waals surface area contributed by atoms with E-state index in [1.807, 2.05) is 0 Å². The highest BCUT2D eigenvalue weighted by molar-refractivity contribution is 7.87. The number of carbonyl (C=O) groups excluding carboxylic acids is 1. The molecule has 0 bridgehead atoms. The molecule has 0 saturated carbocycles. The summed E-state index contributed by atoms with van der Waals surface area (Å²) in [6.07, 6.45) is 0. The lowest BCUT2D eigenvalue weighted by Crippen LogP contribution is -2.40. The van der Waals surface area contributed by atoms with Gasteiger partial charge >= 0.3 is 5.97 Å². The van der Waals surface area contributed by atoms with E-state index in [-0.39, 0.29) is 5.92 Å². The van der Waals surface area contributed by atoms with Gasteiger partial charge in [-0.05, 0) is 12.8 Å². The number of amides is 1. The van der Waals surface area contributed by atoms with Crippen LogP contribution in [0.5, 0.6) is 0 Å². The molecule has 0 aromatic rings. The largest absolute Gasteiger partial charge is 0.480 e. The third-order valence-corrected chi connectivity index (χ3v) is 4.02. The number of carboxylic acids is 1. The van der Waals surface area contributed by atoms with Gasteiger partial charge in [-0.3, -0.25) is 13.8 Å². The molecule has 0 aromatic carbocycles. The van der Waals surface area contributed by atoms with Gasteiger partial charge in [-0.1, -0.05) is 13.8 Å². The molecule has 0 aliphatic carbocycles. The first-order valence-electron chi connectivity index (χ1n) is 4.20. The van der Waals surface area contributed by atoms with E-state index in [1.54, 1.807) is 13.8 Å². The first-order valence-corrected chi connectivity index (χ1v) is 5.48. The number of carbonyl (C=O) groups is 2. The summed E-state index contributed by atoms with van der Waals surface area (Å²) in [6.45, 7) is 4.66. The molecule has 0 aliphatic rings. The summed E-state index contributed by atoms with van der Waals surface area (Å²) in [4.78, 5) is 21.5. The second kappa shape index (κ2) is 5.09. The van der Waals surface area contributed by atoms with Crippen molar-refractivity contribution in [1.29, 1.82) is 0 Å². The summed E-state index contributed by atoms with van der Waals surface area (Å²) in [5, 5.41) is 6.82. The Morgan fingerprint density at radius 1 is 1.29 bits per heavy atom. The fourth-order valence-electron chi connectivity index (χ4n) is 0.987. The molecule has 0 saturated heterocycles. The van der Waals surface area contributed by atoms with E-state index in [2.05, 4.69) is 0 Å². The van der Waals surface area contributed by atoms with Crippen LogP contribution < -0.4 is 5.73 Å². The van der Waals surface area contributed by atoms with Crippen molar-refractivity contribution >= 4 is 22.7 Å². The van der Waals surface area contributed by atoms with Crippen molar-refractivity contribution in [3.63, 3.8) is 0 Å². The SMILES string of the molecule is CC(C)C(C(=O)O)S(=O)C(C)C(N)=O. The topological polar surface area (TPSA) is 97.5 Å². The number of hydrogen-bond acceptors (Lipinski definition) is 3. The van der Waals surface area contributed by atoms with Gasteiger partial charge in [0.05, 0.1) is 0 Å². The standard InChI is InChI=1S/C8H15NO4S/c1-4(2)6(8(11)12)14(13)5(3)7(9)10/h4-6H,1-3H3,(H2,9,10)(H,11,12). The van der Waals surface area contributed by atoms with E-state index in [0.717, 1.165) is 0 Å². The molecular formula is C8H15NO4S. The molecular weight excluding hydrogens is 206 g/mol. The van der Waals surface area contributed by atoms with Gasteiger partial charge in [0.15, 0.2) is 0 Å². The summed E-state index contributed by atoms with van der Waals surface area (Å²) in [6, 6.07) is 0. The molecule has 6 heteroatoms. The van der Waals surface area contributed by atoms with Crippen LogP contribution in [0.4, 0.5) is 0 Å². The first-order chi connectivity index (χ1) is 6.29. The van der Waals surface area contributed by atoms with Crippen molar-refractivity contribution in [3.8, 4) is 0 Å². The number of nitrogens with two attached hydrogens (primary N) is 1. The minimum Gasteiger partial charge on any atom is -0.480 e. The van der Waals surface area contributed by atoms with Crippen LogP contribution in [0.1, 0.15) is 20.8 Å². The quantitative estimate of drug-likeness (QED) is 0.667. The number of carboxylic acid groups (broad SMARTS) is 1. The summed E-state index contributed by atoms with van der Waals surface area (Å²) in [5.41, 5.74) is 4.95. The second-order valence-corrected chi connectivity index (χ2v) is 5.25. The van der Waals surface area contributed by atoms with Gasteiger partial charge < -0.3 is 10.8 Å². The predicted molar refractivity (Wildman–Crippen MR) is 53.1 cm³/mol. The van der Waals surface area contributed by atoms with Crippen LogP contribution in [-0.2, 0) is 20.4 Å². The summed E-state index contributed by atoms with van der Waals surface area (Å²) >= 11 is 0. The number of primary amides is 1. The maximum absolute atomic E-state index is 11.6. The Morgan fingerprint density at radius 3 is 1.93 bits per heavy atom. The summed E-state index contributed by atoms with van der Waals surface area (Å²) in [5.74, 6) is -2.20. The summed E-state index contributed by atoms with van der Waals surface area (Å²) in [7, 11) is -1.77. The smallest absolute Gasteiger partial charge is 0.319 e. The van der Waals surface area contributed by atoms with Crippen molar-refractivity contribution in [2.24, 2.45) is 11.7 Å². The molecule has 0 spiro atoms. The van der Waals surface area contributed by atoms with E-state index < -0.39 is 33.2 Å². The molecule has 3 atom stereocenters. The van der Waals surface area contributed by atoms with E-state index in [1.165, 1.54) is 6.92 Å². The van der Waals surface area contributed by atoms with E-state index in [4.69, 9.17) is 10.8 Å². The zero-order valence-corrected chi connectivity index (χ0v) is 9.21. The molecule has 14 heavy (non-hydrogen) atoms. The van der Waals surface area contributed by atoms with Crippen LogP contribution in [0.15, 0.2) is 0 Å². The fraction of sp³-hybridized carbons (Fsp3) is 0.750. The zero-order valence-electron chi connectivity index (χ0n) is 8.39. The average Bonchev–Trinajstić information content (AvgIpc) is 2.01. The maximum Gasteiger partial charge on any atom is 0.319 e. The number of rotatable bonds is 5. The Morgan fingerprint density at radius 2 is 1.71 bits per heavy atom. The molecule has 5 nitrogen and oxygen atoms in total. The predicted octanol–water partition coefficient (Wildman–Crippen LogP) is -0.282. The highest BCUT2D eigenvalue weighted by atomic mass is 32.2. The van der Waals surface area contributed by atoms with Crippen molar-refractivity contribution in [2.75, 3.05) is 0 Å². The Hall–Kier alpha value is -0.910. The molecule has 0 fully saturated rings. The monoisotopic (exact) mass is 221 g/mol. The van der Waals surface area contributed by atoms with Gasteiger partial charge in [0.1, 0.15) is 10.5 Å².